The van der Waals surface area contributed by atoms with Gasteiger partial charge in [0.15, 0.2) is 11.0 Å². The van der Waals surface area contributed by atoms with Gasteiger partial charge in [-0.3, -0.25) is 4.79 Å². The van der Waals surface area contributed by atoms with Crippen LogP contribution in [0.3, 0.4) is 0 Å². The SMILES string of the molecule is C[C@@H]1CCCCN1C(=O)CSc1nnc(-c2ccccc2F)n1CCc1ccccc1. The van der Waals surface area contributed by atoms with Crippen LogP contribution < -0.4 is 0 Å². The molecule has 5 nitrogen and oxygen atoms in total. The number of nitrogens with zero attached hydrogens (tertiary/aromatic N) is 4. The third-order valence-electron chi connectivity index (χ3n) is 5.75. The fourth-order valence-electron chi connectivity index (χ4n) is 4.00. The molecule has 0 N–H and O–H groups in total. The van der Waals surface area contributed by atoms with Crippen molar-refractivity contribution in [3.8, 4) is 11.4 Å². The molecule has 0 radical (unpaired) electrons. The first kappa shape index (κ1) is 21.6. The number of aryl methyl sites for hydroxylation is 1. The van der Waals surface area contributed by atoms with E-state index in [1.54, 1.807) is 18.2 Å². The van der Waals surface area contributed by atoms with E-state index in [1.165, 1.54) is 29.8 Å². The Balaban J connectivity index is 1.55. The molecule has 2 heterocycles. The smallest absolute Gasteiger partial charge is 0.233 e. The predicted octanol–water partition coefficient (Wildman–Crippen LogP) is 4.82. The molecule has 0 unspecified atom stereocenters. The summed E-state index contributed by atoms with van der Waals surface area (Å²) < 4.78 is 16.4. The lowest BCUT2D eigenvalue weighted by Gasteiger charge is -2.33. The molecular weight excluding hydrogens is 411 g/mol. The fourth-order valence-corrected chi connectivity index (χ4v) is 4.85. The molecule has 1 aliphatic rings. The van der Waals surface area contributed by atoms with E-state index in [4.69, 9.17) is 0 Å². The van der Waals surface area contributed by atoms with Crippen molar-refractivity contribution in [2.24, 2.45) is 0 Å². The van der Waals surface area contributed by atoms with Gasteiger partial charge in [-0.1, -0.05) is 54.2 Å². The van der Waals surface area contributed by atoms with Crippen molar-refractivity contribution in [3.05, 3.63) is 66.0 Å². The average Bonchev–Trinajstić information content (AvgIpc) is 3.20. The molecule has 3 aromatic rings. The maximum Gasteiger partial charge on any atom is 0.233 e. The maximum atomic E-state index is 14.5. The van der Waals surface area contributed by atoms with Crippen LogP contribution in [0, 0.1) is 5.82 Å². The van der Waals surface area contributed by atoms with Gasteiger partial charge in [-0.15, -0.1) is 10.2 Å². The first-order valence-corrected chi connectivity index (χ1v) is 11.8. The van der Waals surface area contributed by atoms with Gasteiger partial charge in [0.2, 0.25) is 5.91 Å². The van der Waals surface area contributed by atoms with Crippen LogP contribution in [0.2, 0.25) is 0 Å². The van der Waals surface area contributed by atoms with Gasteiger partial charge < -0.3 is 9.47 Å². The number of thioether (sulfide) groups is 1. The Kier molecular flexibility index (Phi) is 7.02. The number of hydrogen-bond donors (Lipinski definition) is 0. The molecule has 1 amide bonds. The number of halogens is 1. The highest BCUT2D eigenvalue weighted by Crippen LogP contribution is 2.27. The van der Waals surface area contributed by atoms with Crippen LogP contribution in [-0.2, 0) is 17.8 Å². The Morgan fingerprint density at radius 2 is 1.87 bits per heavy atom. The highest BCUT2D eigenvalue weighted by Gasteiger charge is 2.24. The van der Waals surface area contributed by atoms with Crippen LogP contribution in [-0.4, -0.2) is 43.9 Å². The van der Waals surface area contributed by atoms with Crippen LogP contribution in [0.1, 0.15) is 31.7 Å². The second-order valence-corrected chi connectivity index (χ2v) is 8.84. The van der Waals surface area contributed by atoms with E-state index in [-0.39, 0.29) is 17.8 Å². The van der Waals surface area contributed by atoms with Crippen LogP contribution >= 0.6 is 11.8 Å². The molecule has 0 saturated carbocycles. The Morgan fingerprint density at radius 3 is 2.65 bits per heavy atom. The van der Waals surface area contributed by atoms with E-state index in [0.717, 1.165) is 25.8 Å². The minimum Gasteiger partial charge on any atom is -0.339 e. The topological polar surface area (TPSA) is 51.0 Å². The normalized spacial score (nSPS) is 16.5. The lowest BCUT2D eigenvalue weighted by atomic mass is 10.0. The van der Waals surface area contributed by atoms with E-state index >= 15 is 0 Å². The number of amides is 1. The highest BCUT2D eigenvalue weighted by molar-refractivity contribution is 7.99. The minimum absolute atomic E-state index is 0.127. The predicted molar refractivity (Wildman–Crippen MR) is 121 cm³/mol. The first-order chi connectivity index (χ1) is 15.1. The first-order valence-electron chi connectivity index (χ1n) is 10.8. The zero-order valence-corrected chi connectivity index (χ0v) is 18.5. The van der Waals surface area contributed by atoms with E-state index in [9.17, 15) is 9.18 Å². The van der Waals surface area contributed by atoms with Crippen molar-refractivity contribution in [3.63, 3.8) is 0 Å². The molecule has 0 bridgehead atoms. The standard InChI is InChI=1S/C24H27FN4OS/c1-18-9-7-8-15-28(18)22(30)17-31-24-27-26-23(20-12-5-6-13-21(20)25)29(24)16-14-19-10-3-2-4-11-19/h2-6,10-13,18H,7-9,14-17H2,1H3/t18-/m1/s1. The number of benzene rings is 2. The second kappa shape index (κ2) is 10.1. The van der Waals surface area contributed by atoms with E-state index < -0.39 is 0 Å². The number of carbonyl (C=O) groups is 1. The molecule has 0 aliphatic carbocycles. The van der Waals surface area contributed by atoms with Gasteiger partial charge in [0, 0.05) is 19.1 Å². The van der Waals surface area contributed by atoms with Crippen molar-refractivity contribution in [2.75, 3.05) is 12.3 Å². The van der Waals surface area contributed by atoms with Crippen molar-refractivity contribution < 1.29 is 9.18 Å². The molecular formula is C24H27FN4OS. The van der Waals surface area contributed by atoms with Crippen LogP contribution in [0.4, 0.5) is 4.39 Å². The average molecular weight is 439 g/mol. The number of aromatic nitrogens is 3. The number of carbonyl (C=O) groups excluding carboxylic acids is 1. The number of piperidine rings is 1. The highest BCUT2D eigenvalue weighted by atomic mass is 32.2. The van der Waals surface area contributed by atoms with Crippen LogP contribution in [0.25, 0.3) is 11.4 Å². The van der Waals surface area contributed by atoms with Gasteiger partial charge in [-0.2, -0.15) is 0 Å². The lowest BCUT2D eigenvalue weighted by Crippen LogP contribution is -2.43. The van der Waals surface area contributed by atoms with Gasteiger partial charge in [0.1, 0.15) is 5.82 Å². The summed E-state index contributed by atoms with van der Waals surface area (Å²) in [6.45, 7) is 3.54. The van der Waals surface area contributed by atoms with Crippen LogP contribution in [0.5, 0.6) is 0 Å². The third-order valence-corrected chi connectivity index (χ3v) is 6.70. The minimum atomic E-state index is -0.328. The number of rotatable bonds is 7. The molecule has 1 saturated heterocycles. The molecule has 7 heteroatoms. The van der Waals surface area contributed by atoms with Gasteiger partial charge in [0.05, 0.1) is 11.3 Å². The summed E-state index contributed by atoms with van der Waals surface area (Å²) in [6, 6.07) is 17.0. The lowest BCUT2D eigenvalue weighted by molar-refractivity contribution is -0.131. The van der Waals surface area contributed by atoms with E-state index in [2.05, 4.69) is 29.3 Å². The molecule has 1 aliphatic heterocycles. The monoisotopic (exact) mass is 438 g/mol. The fraction of sp³-hybridized carbons (Fsp3) is 0.375. The molecule has 0 spiro atoms. The van der Waals surface area contributed by atoms with Gasteiger partial charge in [-0.05, 0) is 50.3 Å². The number of hydrogen-bond acceptors (Lipinski definition) is 4. The van der Waals surface area contributed by atoms with E-state index in [0.29, 0.717) is 28.8 Å². The largest absolute Gasteiger partial charge is 0.339 e. The van der Waals surface area contributed by atoms with Crippen molar-refractivity contribution in [1.82, 2.24) is 19.7 Å². The molecule has 31 heavy (non-hydrogen) atoms. The summed E-state index contributed by atoms with van der Waals surface area (Å²) in [5.74, 6) is 0.605. The van der Waals surface area contributed by atoms with E-state index in [1.807, 2.05) is 27.7 Å². The van der Waals surface area contributed by atoms with Gasteiger partial charge in [0.25, 0.3) is 0 Å². The Labute approximate surface area is 186 Å². The zero-order valence-electron chi connectivity index (χ0n) is 17.7. The van der Waals surface area contributed by atoms with Crippen molar-refractivity contribution in [2.45, 2.75) is 50.4 Å². The van der Waals surface area contributed by atoms with Crippen molar-refractivity contribution in [1.29, 1.82) is 0 Å². The molecule has 1 fully saturated rings. The van der Waals surface area contributed by atoms with Gasteiger partial charge >= 0.3 is 0 Å². The Bertz CT molecular complexity index is 1020. The zero-order chi connectivity index (χ0) is 21.6. The molecule has 162 valence electrons. The van der Waals surface area contributed by atoms with Gasteiger partial charge in [-0.25, -0.2) is 4.39 Å². The summed E-state index contributed by atoms with van der Waals surface area (Å²) in [7, 11) is 0. The summed E-state index contributed by atoms with van der Waals surface area (Å²) in [4.78, 5) is 14.8. The summed E-state index contributed by atoms with van der Waals surface area (Å²) in [5.41, 5.74) is 1.61. The second-order valence-electron chi connectivity index (χ2n) is 7.89. The Morgan fingerprint density at radius 1 is 1.10 bits per heavy atom. The third kappa shape index (κ3) is 5.15. The summed E-state index contributed by atoms with van der Waals surface area (Å²) in [6.07, 6.45) is 4.06. The number of likely N-dealkylation sites (tertiary alicyclic amines) is 1. The van der Waals surface area contributed by atoms with Crippen molar-refractivity contribution >= 4 is 17.7 Å². The summed E-state index contributed by atoms with van der Waals surface area (Å²) in [5, 5.41) is 9.26. The van der Waals surface area contributed by atoms with Crippen LogP contribution in [0.15, 0.2) is 59.8 Å². The molecule has 2 aromatic carbocycles. The Hall–Kier alpha value is -2.67. The molecule has 1 atom stereocenters. The maximum absolute atomic E-state index is 14.5. The quantitative estimate of drug-likeness (QED) is 0.496. The molecule has 1 aromatic heterocycles. The molecule has 4 rings (SSSR count). The summed E-state index contributed by atoms with van der Waals surface area (Å²) >= 11 is 1.38.